The van der Waals surface area contributed by atoms with Gasteiger partial charge in [0.05, 0.1) is 6.54 Å². The van der Waals surface area contributed by atoms with Crippen molar-refractivity contribution in [3.05, 3.63) is 17.5 Å². The van der Waals surface area contributed by atoms with Gasteiger partial charge in [-0.3, -0.25) is 19.2 Å². The van der Waals surface area contributed by atoms with Gasteiger partial charge in [-0.1, -0.05) is 6.92 Å². The van der Waals surface area contributed by atoms with Gasteiger partial charge in [-0.2, -0.15) is 5.10 Å². The Hall–Kier alpha value is -1.89. The molecule has 0 aliphatic heterocycles. The van der Waals surface area contributed by atoms with Crippen molar-refractivity contribution in [3.8, 4) is 0 Å². The highest BCUT2D eigenvalue weighted by molar-refractivity contribution is 5.92. The largest absolute Gasteiger partial charge is 0.480 e. The van der Waals surface area contributed by atoms with Gasteiger partial charge in [0.1, 0.15) is 5.69 Å². The number of nitrogens with one attached hydrogen (secondary N) is 1. The van der Waals surface area contributed by atoms with Crippen LogP contribution in [0.1, 0.15) is 35.9 Å². The molecule has 0 spiro atoms. The fourth-order valence-electron chi connectivity index (χ4n) is 2.61. The molecule has 0 saturated heterocycles. The average molecular weight is 294 g/mol. The molecule has 7 heteroatoms. The molecule has 0 aromatic carbocycles. The summed E-state index contributed by atoms with van der Waals surface area (Å²) in [4.78, 5) is 24.7. The Morgan fingerprint density at radius 1 is 1.52 bits per heavy atom. The zero-order chi connectivity index (χ0) is 15.6. The second-order valence-corrected chi connectivity index (χ2v) is 5.55. The topological polar surface area (TPSA) is 87.5 Å². The molecule has 1 heterocycles. The summed E-state index contributed by atoms with van der Waals surface area (Å²) in [5.41, 5.74) is 1.36. The minimum atomic E-state index is -0.812. The Morgan fingerprint density at radius 2 is 2.19 bits per heavy atom. The predicted molar refractivity (Wildman–Crippen MR) is 77.1 cm³/mol. The molecule has 1 aliphatic carbocycles. The summed E-state index contributed by atoms with van der Waals surface area (Å²) in [6, 6.07) is 2.10. The molecule has 0 bridgehead atoms. The molecule has 116 valence electrons. The molecule has 1 saturated carbocycles. The Balaban J connectivity index is 1.82. The molecule has 0 radical (unpaired) electrons. The molecule has 7 nitrogen and oxygen atoms in total. The number of carboxylic acid groups (broad SMARTS) is 1. The van der Waals surface area contributed by atoms with Crippen LogP contribution in [0.2, 0.25) is 0 Å². The molecular weight excluding hydrogens is 272 g/mol. The van der Waals surface area contributed by atoms with Crippen LogP contribution in [0.25, 0.3) is 0 Å². The number of aryl methyl sites for hydroxylation is 2. The number of rotatable bonds is 6. The van der Waals surface area contributed by atoms with E-state index in [2.05, 4.69) is 10.4 Å². The molecule has 1 aliphatic rings. The van der Waals surface area contributed by atoms with Crippen LogP contribution in [0.5, 0.6) is 0 Å². The van der Waals surface area contributed by atoms with E-state index >= 15 is 0 Å². The minimum absolute atomic E-state index is 0.0568. The maximum atomic E-state index is 12.0. The number of likely N-dealkylation sites (N-methyl/N-ethyl adjacent to an activating group) is 1. The third kappa shape index (κ3) is 3.60. The third-order valence-corrected chi connectivity index (χ3v) is 4.06. The van der Waals surface area contributed by atoms with Crippen LogP contribution in [0.3, 0.4) is 0 Å². The molecule has 1 aromatic rings. The first kappa shape index (κ1) is 15.5. The SMILES string of the molecule is CCN(CC(=O)O)C1CC(NC(=O)c2cc(C)n(C)n2)C1. The molecule has 1 aromatic heterocycles. The van der Waals surface area contributed by atoms with E-state index in [0.717, 1.165) is 18.5 Å². The first-order valence-corrected chi connectivity index (χ1v) is 7.18. The molecule has 0 unspecified atom stereocenters. The second-order valence-electron chi connectivity index (χ2n) is 5.55. The summed E-state index contributed by atoms with van der Waals surface area (Å²) in [5, 5.41) is 15.9. The number of amides is 1. The van der Waals surface area contributed by atoms with Crippen molar-refractivity contribution < 1.29 is 14.7 Å². The van der Waals surface area contributed by atoms with Crippen molar-refractivity contribution in [2.24, 2.45) is 7.05 Å². The summed E-state index contributed by atoms with van der Waals surface area (Å²) in [6.07, 6.45) is 1.58. The predicted octanol–water partition coefficient (Wildman–Crippen LogP) is 0.396. The summed E-state index contributed by atoms with van der Waals surface area (Å²) in [7, 11) is 1.80. The van der Waals surface area contributed by atoms with E-state index in [-0.39, 0.29) is 24.5 Å². The molecule has 2 N–H and O–H groups in total. The third-order valence-electron chi connectivity index (χ3n) is 4.06. The Labute approximate surface area is 123 Å². The van der Waals surface area contributed by atoms with Crippen LogP contribution in [0.4, 0.5) is 0 Å². The van der Waals surface area contributed by atoms with Crippen molar-refractivity contribution in [2.75, 3.05) is 13.1 Å². The lowest BCUT2D eigenvalue weighted by atomic mass is 9.85. The molecule has 2 rings (SSSR count). The zero-order valence-electron chi connectivity index (χ0n) is 12.7. The lowest BCUT2D eigenvalue weighted by Crippen LogP contribution is -2.54. The number of hydrogen-bond acceptors (Lipinski definition) is 4. The number of carboxylic acids is 1. The van der Waals surface area contributed by atoms with Crippen molar-refractivity contribution in [2.45, 2.75) is 38.8 Å². The first-order valence-electron chi connectivity index (χ1n) is 7.18. The van der Waals surface area contributed by atoms with E-state index in [1.807, 2.05) is 18.7 Å². The summed E-state index contributed by atoms with van der Waals surface area (Å²) < 4.78 is 1.67. The van der Waals surface area contributed by atoms with Gasteiger partial charge < -0.3 is 10.4 Å². The fourth-order valence-corrected chi connectivity index (χ4v) is 2.61. The van der Waals surface area contributed by atoms with E-state index in [0.29, 0.717) is 12.2 Å². The monoisotopic (exact) mass is 294 g/mol. The van der Waals surface area contributed by atoms with Crippen LogP contribution < -0.4 is 5.32 Å². The normalized spacial score (nSPS) is 21.1. The van der Waals surface area contributed by atoms with Crippen LogP contribution in [-0.2, 0) is 11.8 Å². The quantitative estimate of drug-likeness (QED) is 0.793. The number of carbonyl (C=O) groups is 2. The van der Waals surface area contributed by atoms with Gasteiger partial charge in [0, 0.05) is 24.8 Å². The van der Waals surface area contributed by atoms with Gasteiger partial charge in [0.15, 0.2) is 0 Å². The Bertz CT molecular complexity index is 515. The highest BCUT2D eigenvalue weighted by Gasteiger charge is 2.35. The summed E-state index contributed by atoms with van der Waals surface area (Å²) in [5.74, 6) is -0.975. The highest BCUT2D eigenvalue weighted by Crippen LogP contribution is 2.25. The Kier molecular flexibility index (Phi) is 4.62. The van der Waals surface area contributed by atoms with Gasteiger partial charge in [-0.25, -0.2) is 0 Å². The maximum absolute atomic E-state index is 12.0. The lowest BCUT2D eigenvalue weighted by molar-refractivity contribution is -0.139. The van der Waals surface area contributed by atoms with E-state index in [1.165, 1.54) is 0 Å². The number of aliphatic carboxylic acids is 1. The zero-order valence-corrected chi connectivity index (χ0v) is 12.7. The molecule has 0 atom stereocenters. The van der Waals surface area contributed by atoms with Crippen molar-refractivity contribution >= 4 is 11.9 Å². The number of carbonyl (C=O) groups excluding carboxylic acids is 1. The van der Waals surface area contributed by atoms with Gasteiger partial charge in [0.2, 0.25) is 0 Å². The fraction of sp³-hybridized carbons (Fsp3) is 0.643. The lowest BCUT2D eigenvalue weighted by Gasteiger charge is -2.42. The summed E-state index contributed by atoms with van der Waals surface area (Å²) >= 11 is 0. The van der Waals surface area contributed by atoms with Crippen molar-refractivity contribution in [1.82, 2.24) is 20.0 Å². The highest BCUT2D eigenvalue weighted by atomic mass is 16.4. The maximum Gasteiger partial charge on any atom is 0.317 e. The van der Waals surface area contributed by atoms with Gasteiger partial charge in [0.25, 0.3) is 5.91 Å². The van der Waals surface area contributed by atoms with Crippen LogP contribution in [0.15, 0.2) is 6.07 Å². The molecule has 21 heavy (non-hydrogen) atoms. The van der Waals surface area contributed by atoms with Gasteiger partial charge in [-0.05, 0) is 32.4 Å². The van der Waals surface area contributed by atoms with Gasteiger partial charge in [-0.15, -0.1) is 0 Å². The van der Waals surface area contributed by atoms with E-state index in [4.69, 9.17) is 5.11 Å². The summed E-state index contributed by atoms with van der Waals surface area (Å²) in [6.45, 7) is 4.61. The molecule has 1 amide bonds. The first-order chi connectivity index (χ1) is 9.90. The standard InChI is InChI=1S/C14H22N4O3/c1-4-18(8-13(19)20)11-6-10(7-11)15-14(21)12-5-9(2)17(3)16-12/h5,10-11H,4,6-8H2,1-3H3,(H,15,21)(H,19,20). The average Bonchev–Trinajstić information content (AvgIpc) is 2.71. The Morgan fingerprint density at radius 3 is 2.67 bits per heavy atom. The van der Waals surface area contributed by atoms with E-state index in [1.54, 1.807) is 17.8 Å². The minimum Gasteiger partial charge on any atom is -0.480 e. The van der Waals surface area contributed by atoms with Crippen LogP contribution in [-0.4, -0.2) is 56.8 Å². The van der Waals surface area contributed by atoms with Crippen molar-refractivity contribution in [1.29, 1.82) is 0 Å². The van der Waals surface area contributed by atoms with E-state index < -0.39 is 5.97 Å². The van der Waals surface area contributed by atoms with Crippen LogP contribution in [0, 0.1) is 6.92 Å². The number of nitrogens with zero attached hydrogens (tertiary/aromatic N) is 3. The van der Waals surface area contributed by atoms with Gasteiger partial charge >= 0.3 is 5.97 Å². The van der Waals surface area contributed by atoms with Crippen LogP contribution >= 0.6 is 0 Å². The smallest absolute Gasteiger partial charge is 0.317 e. The second kappa shape index (κ2) is 6.26. The number of aromatic nitrogens is 2. The van der Waals surface area contributed by atoms with Crippen molar-refractivity contribution in [3.63, 3.8) is 0 Å². The molecule has 1 fully saturated rings. The number of hydrogen-bond donors (Lipinski definition) is 2. The van der Waals surface area contributed by atoms with E-state index in [9.17, 15) is 9.59 Å². The molecular formula is C14H22N4O3.